The summed E-state index contributed by atoms with van der Waals surface area (Å²) in [7, 11) is 0. The van der Waals surface area contributed by atoms with Gasteiger partial charge in [0.15, 0.2) is 29.0 Å². The van der Waals surface area contributed by atoms with Gasteiger partial charge in [0, 0.05) is 0 Å². The highest BCUT2D eigenvalue weighted by molar-refractivity contribution is 5.87. The number of hydrogen-bond donors (Lipinski definition) is 0. The number of esters is 1. The Labute approximate surface area is 120 Å². The summed E-state index contributed by atoms with van der Waals surface area (Å²) in [6.07, 6.45) is 0.948. The molecule has 0 unspecified atom stereocenters. The van der Waals surface area contributed by atoms with E-state index in [1.165, 1.54) is 6.92 Å². The number of rotatable bonds is 4. The van der Waals surface area contributed by atoms with Gasteiger partial charge in [0.2, 0.25) is 5.82 Å². The zero-order valence-electron chi connectivity index (χ0n) is 11.0. The molecule has 22 heavy (non-hydrogen) atoms. The van der Waals surface area contributed by atoms with Crippen LogP contribution in [-0.2, 0) is 11.3 Å². The number of benzene rings is 1. The lowest BCUT2D eigenvalue weighted by Gasteiger charge is -2.09. The van der Waals surface area contributed by atoms with Gasteiger partial charge in [-0.15, -0.1) is 5.10 Å². The monoisotopic (exact) mass is 321 g/mol. The highest BCUT2D eigenvalue weighted by atomic mass is 19.2. The molecule has 0 atom stereocenters. The molecule has 1 heterocycles. The molecule has 5 nitrogen and oxygen atoms in total. The van der Waals surface area contributed by atoms with E-state index in [4.69, 9.17) is 0 Å². The average Bonchev–Trinajstić information content (AvgIpc) is 2.96. The topological polar surface area (TPSA) is 57.0 Å². The summed E-state index contributed by atoms with van der Waals surface area (Å²) in [4.78, 5) is 11.6. The van der Waals surface area contributed by atoms with E-state index >= 15 is 0 Å². The maximum absolute atomic E-state index is 13.6. The second kappa shape index (κ2) is 6.08. The summed E-state index contributed by atoms with van der Waals surface area (Å²) in [5.41, 5.74) is -1.42. The molecule has 0 radical (unpaired) electrons. The molecular weight excluding hydrogens is 313 g/mol. The molecule has 0 spiro atoms. The second-order valence-corrected chi connectivity index (χ2v) is 4.05. The normalized spacial score (nSPS) is 10.8. The fourth-order valence-corrected chi connectivity index (χ4v) is 1.68. The van der Waals surface area contributed by atoms with Crippen LogP contribution in [0.15, 0.2) is 6.20 Å². The molecule has 1 aromatic carbocycles. The van der Waals surface area contributed by atoms with Gasteiger partial charge in [0.25, 0.3) is 0 Å². The highest BCUT2D eigenvalue weighted by Crippen LogP contribution is 2.23. The van der Waals surface area contributed by atoms with Crippen LogP contribution in [0.4, 0.5) is 22.0 Å². The van der Waals surface area contributed by atoms with Crippen LogP contribution in [-0.4, -0.2) is 27.6 Å². The first-order chi connectivity index (χ1) is 10.4. The van der Waals surface area contributed by atoms with E-state index < -0.39 is 47.2 Å². The van der Waals surface area contributed by atoms with E-state index in [0.717, 1.165) is 6.20 Å². The van der Waals surface area contributed by atoms with E-state index in [1.807, 2.05) is 0 Å². The summed E-state index contributed by atoms with van der Waals surface area (Å²) < 4.78 is 71.7. The zero-order chi connectivity index (χ0) is 16.4. The Morgan fingerprint density at radius 3 is 2.18 bits per heavy atom. The van der Waals surface area contributed by atoms with Gasteiger partial charge in [-0.25, -0.2) is 31.4 Å². The van der Waals surface area contributed by atoms with E-state index in [-0.39, 0.29) is 12.3 Å². The summed E-state index contributed by atoms with van der Waals surface area (Å²) in [6.45, 7) is 0.669. The Morgan fingerprint density at radius 1 is 1.09 bits per heavy atom. The maximum atomic E-state index is 13.6. The molecule has 0 saturated heterocycles. The van der Waals surface area contributed by atoms with Gasteiger partial charge in [-0.3, -0.25) is 0 Å². The third-order valence-corrected chi connectivity index (χ3v) is 2.71. The van der Waals surface area contributed by atoms with Crippen LogP contribution >= 0.6 is 0 Å². The summed E-state index contributed by atoms with van der Waals surface area (Å²) in [6, 6.07) is 0. The molecule has 0 amide bonds. The lowest BCUT2D eigenvalue weighted by molar-refractivity contribution is 0.0512. The highest BCUT2D eigenvalue weighted by Gasteiger charge is 2.27. The molecule has 10 heteroatoms. The molecule has 118 valence electrons. The molecule has 0 fully saturated rings. The van der Waals surface area contributed by atoms with Crippen LogP contribution in [0.25, 0.3) is 0 Å². The Hall–Kier alpha value is -2.52. The molecule has 2 rings (SSSR count). The average molecular weight is 321 g/mol. The van der Waals surface area contributed by atoms with Crippen molar-refractivity contribution in [2.45, 2.75) is 13.5 Å². The molecule has 0 aliphatic carbocycles. The van der Waals surface area contributed by atoms with Crippen molar-refractivity contribution < 1.29 is 31.5 Å². The summed E-state index contributed by atoms with van der Waals surface area (Å²) in [5, 5.41) is 6.72. The first kappa shape index (κ1) is 15.9. The van der Waals surface area contributed by atoms with Crippen LogP contribution in [0.1, 0.15) is 23.0 Å². The van der Waals surface area contributed by atoms with Gasteiger partial charge >= 0.3 is 5.97 Å². The third kappa shape index (κ3) is 2.63. The number of carbonyl (C=O) groups is 1. The van der Waals surface area contributed by atoms with Crippen LogP contribution in [0.3, 0.4) is 0 Å². The maximum Gasteiger partial charge on any atom is 0.358 e. The van der Waals surface area contributed by atoms with E-state index in [9.17, 15) is 26.7 Å². The first-order valence-electron chi connectivity index (χ1n) is 5.94. The Balaban J connectivity index is 2.45. The second-order valence-electron chi connectivity index (χ2n) is 4.05. The summed E-state index contributed by atoms with van der Waals surface area (Å²) in [5.74, 6) is -11.3. The first-order valence-corrected chi connectivity index (χ1v) is 5.94. The van der Waals surface area contributed by atoms with Crippen LogP contribution in [0.5, 0.6) is 0 Å². The van der Waals surface area contributed by atoms with Crippen LogP contribution < -0.4 is 0 Å². The van der Waals surface area contributed by atoms with Crippen molar-refractivity contribution in [3.63, 3.8) is 0 Å². The molecule has 1 aromatic heterocycles. The molecule has 0 bridgehead atoms. The van der Waals surface area contributed by atoms with E-state index in [1.54, 1.807) is 0 Å². The minimum atomic E-state index is -2.26. The van der Waals surface area contributed by atoms with Crippen molar-refractivity contribution in [2.24, 2.45) is 0 Å². The Morgan fingerprint density at radius 2 is 1.64 bits per heavy atom. The molecule has 0 N–H and O–H groups in total. The Kier molecular flexibility index (Phi) is 4.38. The largest absolute Gasteiger partial charge is 0.461 e. The van der Waals surface area contributed by atoms with Crippen LogP contribution in [0, 0.1) is 29.1 Å². The van der Waals surface area contributed by atoms with Crippen LogP contribution in [0.2, 0.25) is 0 Å². The van der Waals surface area contributed by atoms with Crippen molar-refractivity contribution in [3.05, 3.63) is 46.5 Å². The number of hydrogen-bond acceptors (Lipinski definition) is 4. The number of carbonyl (C=O) groups excluding carboxylic acids is 1. The third-order valence-electron chi connectivity index (χ3n) is 2.71. The fourth-order valence-electron chi connectivity index (χ4n) is 1.68. The Bertz CT molecular complexity index is 703. The lowest BCUT2D eigenvalue weighted by Crippen LogP contribution is -2.17. The number of halogens is 5. The SMILES string of the molecule is CCOC(=O)c1cnnn1Cc1c(F)c(F)c(F)c(F)c1F. The quantitative estimate of drug-likeness (QED) is 0.375. The smallest absolute Gasteiger partial charge is 0.358 e. The van der Waals surface area contributed by atoms with E-state index in [0.29, 0.717) is 4.68 Å². The fraction of sp³-hybridized carbons (Fsp3) is 0.250. The molecule has 0 aliphatic heterocycles. The van der Waals surface area contributed by atoms with Crippen molar-refractivity contribution >= 4 is 5.97 Å². The van der Waals surface area contributed by atoms with Gasteiger partial charge in [-0.1, -0.05) is 5.21 Å². The van der Waals surface area contributed by atoms with Gasteiger partial charge in [-0.05, 0) is 6.92 Å². The van der Waals surface area contributed by atoms with Crippen molar-refractivity contribution in [2.75, 3.05) is 6.61 Å². The van der Waals surface area contributed by atoms with Gasteiger partial charge in [-0.2, -0.15) is 0 Å². The molecular formula is C12H8F5N3O2. The van der Waals surface area contributed by atoms with Gasteiger partial charge in [0.05, 0.1) is 24.9 Å². The number of nitrogens with zero attached hydrogens (tertiary/aromatic N) is 3. The predicted molar refractivity (Wildman–Crippen MR) is 61.3 cm³/mol. The van der Waals surface area contributed by atoms with Crippen molar-refractivity contribution in [3.8, 4) is 0 Å². The van der Waals surface area contributed by atoms with Crippen molar-refractivity contribution in [1.82, 2.24) is 15.0 Å². The predicted octanol–water partition coefficient (Wildman–Crippen LogP) is 2.20. The van der Waals surface area contributed by atoms with E-state index in [2.05, 4.69) is 15.0 Å². The minimum Gasteiger partial charge on any atom is -0.461 e. The standard InChI is InChI=1S/C12H8F5N3O2/c1-2-22-12(21)6-3-18-19-20(6)4-5-7(13)9(15)11(17)10(16)8(5)14/h3H,2,4H2,1H3. The molecule has 2 aromatic rings. The molecule has 0 aliphatic rings. The number of ether oxygens (including phenoxy) is 1. The minimum absolute atomic E-state index is 0.0204. The lowest BCUT2D eigenvalue weighted by atomic mass is 10.1. The van der Waals surface area contributed by atoms with Gasteiger partial charge < -0.3 is 4.74 Å². The zero-order valence-corrected chi connectivity index (χ0v) is 11.0. The summed E-state index contributed by atoms with van der Waals surface area (Å²) >= 11 is 0. The van der Waals surface area contributed by atoms with Gasteiger partial charge in [0.1, 0.15) is 0 Å². The number of aromatic nitrogens is 3. The molecule has 0 saturated carbocycles. The van der Waals surface area contributed by atoms with Crippen molar-refractivity contribution in [1.29, 1.82) is 0 Å².